The number of β-amino-alcohol motifs (C(OH)–C–C–N with tert-alkyl or cyclic N) is 1. The Bertz CT molecular complexity index is 966. The monoisotopic (exact) mass is 573 g/mol. The van der Waals surface area contributed by atoms with Gasteiger partial charge in [-0.2, -0.15) is 0 Å². The van der Waals surface area contributed by atoms with E-state index in [0.717, 1.165) is 64.6 Å². The van der Waals surface area contributed by atoms with Crippen molar-refractivity contribution in [2.45, 2.75) is 102 Å². The summed E-state index contributed by atoms with van der Waals surface area (Å²) >= 11 is 0. The summed E-state index contributed by atoms with van der Waals surface area (Å²) in [5.41, 5.74) is 1.16. The molecule has 4 aliphatic rings. The lowest BCUT2D eigenvalue weighted by atomic mass is 9.83. The number of nitrogens with zero attached hydrogens (tertiary/aromatic N) is 2. The highest BCUT2D eigenvalue weighted by Gasteiger charge is 2.53. The number of amides is 2. The Morgan fingerprint density at radius 3 is 2.49 bits per heavy atom. The summed E-state index contributed by atoms with van der Waals surface area (Å²) in [5, 5.41) is 12.2. The molecular formula is C32H51N3O6. The zero-order valence-corrected chi connectivity index (χ0v) is 25.5. The molecule has 2 amide bonds. The SMILES string of the molecule is CC(C=C[C@@H]1C[C@]2(CO2)CC(C)(C)O1)=CCC1CCC(NC(=O)C=CC(C)OC(=O)N2CCN(CCO)CC2)CC1. The number of hydrogen-bond acceptors (Lipinski definition) is 7. The number of aliphatic hydroxyl groups excluding tert-OH is 1. The third-order valence-electron chi connectivity index (χ3n) is 8.74. The molecule has 4 rings (SSSR count). The Hall–Kier alpha value is -2.20. The molecule has 3 aliphatic heterocycles. The van der Waals surface area contributed by atoms with Crippen LogP contribution in [-0.2, 0) is 19.0 Å². The molecule has 0 aromatic rings. The summed E-state index contributed by atoms with van der Waals surface area (Å²) in [5.74, 6) is 0.501. The smallest absolute Gasteiger partial charge is 0.410 e. The second kappa shape index (κ2) is 14.3. The Kier molecular flexibility index (Phi) is 11.1. The summed E-state index contributed by atoms with van der Waals surface area (Å²) in [6, 6.07) is 0.185. The number of ether oxygens (including phenoxy) is 3. The van der Waals surface area contributed by atoms with Crippen molar-refractivity contribution in [1.82, 2.24) is 15.1 Å². The Morgan fingerprint density at radius 2 is 1.83 bits per heavy atom. The minimum Gasteiger partial charge on any atom is -0.442 e. The van der Waals surface area contributed by atoms with Crippen LogP contribution in [0, 0.1) is 5.92 Å². The number of aliphatic hydroxyl groups is 1. The van der Waals surface area contributed by atoms with E-state index in [1.165, 1.54) is 11.6 Å². The fourth-order valence-corrected chi connectivity index (χ4v) is 6.40. The van der Waals surface area contributed by atoms with Crippen LogP contribution in [0.25, 0.3) is 0 Å². The van der Waals surface area contributed by atoms with Gasteiger partial charge in [0.05, 0.1) is 30.5 Å². The van der Waals surface area contributed by atoms with Crippen LogP contribution in [0.3, 0.4) is 0 Å². The van der Waals surface area contributed by atoms with Gasteiger partial charge < -0.3 is 29.5 Å². The summed E-state index contributed by atoms with van der Waals surface area (Å²) in [6.45, 7) is 12.4. The largest absolute Gasteiger partial charge is 0.442 e. The average molecular weight is 574 g/mol. The molecule has 2 N–H and O–H groups in total. The van der Waals surface area contributed by atoms with Gasteiger partial charge in [-0.25, -0.2) is 4.79 Å². The molecule has 0 bridgehead atoms. The third-order valence-corrected chi connectivity index (χ3v) is 8.74. The first-order valence-corrected chi connectivity index (χ1v) is 15.5. The van der Waals surface area contributed by atoms with E-state index in [1.807, 2.05) is 0 Å². The average Bonchev–Trinajstić information content (AvgIpc) is 3.67. The number of epoxide rings is 1. The van der Waals surface area contributed by atoms with Crippen LogP contribution in [-0.4, -0.2) is 102 Å². The lowest BCUT2D eigenvalue weighted by Crippen LogP contribution is -2.49. The van der Waals surface area contributed by atoms with Gasteiger partial charge in [0.1, 0.15) is 6.10 Å². The van der Waals surface area contributed by atoms with Crippen LogP contribution in [0.15, 0.2) is 36.0 Å². The highest BCUT2D eigenvalue weighted by molar-refractivity contribution is 5.87. The zero-order chi connectivity index (χ0) is 29.5. The maximum atomic E-state index is 12.5. The van der Waals surface area contributed by atoms with Crippen LogP contribution in [0.2, 0.25) is 0 Å². The van der Waals surface area contributed by atoms with Crippen LogP contribution < -0.4 is 5.32 Å². The lowest BCUT2D eigenvalue weighted by molar-refractivity contribution is -0.117. The molecule has 1 aliphatic carbocycles. The third kappa shape index (κ3) is 10.2. The van der Waals surface area contributed by atoms with Crippen molar-refractivity contribution in [2.24, 2.45) is 5.92 Å². The molecule has 0 aromatic heterocycles. The fourth-order valence-electron chi connectivity index (χ4n) is 6.40. The number of nitrogens with one attached hydrogen (secondary N) is 1. The molecule has 41 heavy (non-hydrogen) atoms. The van der Waals surface area contributed by atoms with Gasteiger partial charge in [0.2, 0.25) is 5.91 Å². The highest BCUT2D eigenvalue weighted by Crippen LogP contribution is 2.46. The van der Waals surface area contributed by atoms with Gasteiger partial charge >= 0.3 is 6.09 Å². The van der Waals surface area contributed by atoms with Crippen molar-refractivity contribution >= 4 is 12.0 Å². The predicted octanol–water partition coefficient (Wildman–Crippen LogP) is 3.97. The van der Waals surface area contributed by atoms with E-state index in [-0.39, 0.29) is 42.0 Å². The number of rotatable bonds is 10. The number of carbonyl (C=O) groups excluding carboxylic acids is 2. The van der Waals surface area contributed by atoms with Crippen molar-refractivity contribution in [3.8, 4) is 0 Å². The maximum absolute atomic E-state index is 12.5. The van der Waals surface area contributed by atoms with Crippen molar-refractivity contribution in [3.05, 3.63) is 36.0 Å². The van der Waals surface area contributed by atoms with Gasteiger partial charge in [0, 0.05) is 57.7 Å². The molecular weight excluding hydrogens is 522 g/mol. The highest BCUT2D eigenvalue weighted by atomic mass is 16.6. The van der Waals surface area contributed by atoms with Crippen LogP contribution >= 0.6 is 0 Å². The van der Waals surface area contributed by atoms with Crippen LogP contribution in [0.4, 0.5) is 4.79 Å². The van der Waals surface area contributed by atoms with Crippen molar-refractivity contribution in [3.63, 3.8) is 0 Å². The molecule has 1 spiro atoms. The lowest BCUT2D eigenvalue weighted by Gasteiger charge is -2.38. The van der Waals surface area contributed by atoms with Gasteiger partial charge in [-0.05, 0) is 71.8 Å². The van der Waals surface area contributed by atoms with E-state index in [4.69, 9.17) is 19.3 Å². The molecule has 0 radical (unpaired) electrons. The Labute approximate surface area is 245 Å². The molecule has 9 nitrogen and oxygen atoms in total. The molecule has 4 fully saturated rings. The van der Waals surface area contributed by atoms with Gasteiger partial charge in [-0.1, -0.05) is 23.8 Å². The molecule has 3 saturated heterocycles. The van der Waals surface area contributed by atoms with Crippen LogP contribution in [0.1, 0.15) is 72.6 Å². The van der Waals surface area contributed by atoms with Crippen molar-refractivity contribution < 1.29 is 28.9 Å². The first-order chi connectivity index (χ1) is 19.5. The van der Waals surface area contributed by atoms with E-state index in [0.29, 0.717) is 25.6 Å². The maximum Gasteiger partial charge on any atom is 0.410 e. The number of allylic oxidation sites excluding steroid dienone is 3. The normalized spacial score (nSPS) is 31.5. The Morgan fingerprint density at radius 1 is 1.12 bits per heavy atom. The molecule has 9 heteroatoms. The minimum atomic E-state index is -0.483. The second-order valence-corrected chi connectivity index (χ2v) is 13.0. The van der Waals surface area contributed by atoms with Crippen molar-refractivity contribution in [2.75, 3.05) is 45.9 Å². The topological polar surface area (TPSA) is 104 Å². The van der Waals surface area contributed by atoms with Crippen LogP contribution in [0.5, 0.6) is 0 Å². The molecule has 0 aromatic carbocycles. The van der Waals surface area contributed by atoms with Gasteiger partial charge in [-0.3, -0.25) is 9.69 Å². The standard InChI is InChI=1S/C32H51N3O6/c1-24(6-13-28-21-32(23-39-32)22-31(3,4)41-28)5-8-26-9-11-27(12-10-26)33-29(37)14-7-25(2)40-30(38)35-17-15-34(16-18-35)19-20-36/h5-7,13-14,25-28,36H,8-12,15-23H2,1-4H3,(H,33,37)/t25?,26?,27?,28-,32-/m1/s1. The Balaban J connectivity index is 1.10. The summed E-state index contributed by atoms with van der Waals surface area (Å²) in [6.07, 6.45) is 16.2. The van der Waals surface area contributed by atoms with Gasteiger partial charge in [-0.15, -0.1) is 0 Å². The number of piperazine rings is 1. The zero-order valence-electron chi connectivity index (χ0n) is 25.5. The molecule has 1 saturated carbocycles. The molecule has 3 heterocycles. The summed E-state index contributed by atoms with van der Waals surface area (Å²) in [4.78, 5) is 28.7. The predicted molar refractivity (Wildman–Crippen MR) is 158 cm³/mol. The number of carbonyl (C=O) groups is 2. The van der Waals surface area contributed by atoms with E-state index < -0.39 is 6.10 Å². The van der Waals surface area contributed by atoms with Gasteiger partial charge in [0.15, 0.2) is 0 Å². The van der Waals surface area contributed by atoms with Gasteiger partial charge in [0.25, 0.3) is 0 Å². The number of hydrogen-bond donors (Lipinski definition) is 2. The minimum absolute atomic E-state index is 0.0429. The summed E-state index contributed by atoms with van der Waals surface area (Å²) in [7, 11) is 0. The van der Waals surface area contributed by atoms with E-state index >= 15 is 0 Å². The molecule has 1 unspecified atom stereocenters. The molecule has 230 valence electrons. The first kappa shape index (κ1) is 31.7. The quantitative estimate of drug-likeness (QED) is 0.232. The van der Waals surface area contributed by atoms with E-state index in [2.05, 4.69) is 49.2 Å². The van der Waals surface area contributed by atoms with E-state index in [9.17, 15) is 9.59 Å². The second-order valence-electron chi connectivity index (χ2n) is 13.0. The first-order valence-electron chi connectivity index (χ1n) is 15.5. The summed E-state index contributed by atoms with van der Waals surface area (Å²) < 4.78 is 17.5. The fraction of sp³-hybridized carbons (Fsp3) is 0.750. The van der Waals surface area contributed by atoms with Crippen molar-refractivity contribution in [1.29, 1.82) is 0 Å². The van der Waals surface area contributed by atoms with E-state index in [1.54, 1.807) is 17.9 Å². The molecule has 3 atom stereocenters.